The Kier molecular flexibility index (Phi) is 7.63. The smallest absolute Gasteiger partial charge is 0.358 e. The normalized spacial score (nSPS) is 17.0. The van der Waals surface area contributed by atoms with Crippen LogP contribution in [0, 0.1) is 5.82 Å². The summed E-state index contributed by atoms with van der Waals surface area (Å²) >= 11 is 0. The van der Waals surface area contributed by atoms with Crippen molar-refractivity contribution in [2.24, 2.45) is 0 Å². The number of aromatic nitrogens is 3. The predicted molar refractivity (Wildman–Crippen MR) is 152 cm³/mol. The minimum Gasteiger partial charge on any atom is -0.358 e. The Morgan fingerprint density at radius 2 is 1.72 bits per heavy atom. The lowest BCUT2D eigenvalue weighted by Gasteiger charge is -2.29. The van der Waals surface area contributed by atoms with Crippen LogP contribution in [0.4, 0.5) is 35.0 Å². The number of hydrogen-bond acceptors (Lipinski definition) is 7. The van der Waals surface area contributed by atoms with Crippen molar-refractivity contribution < 1.29 is 26.9 Å². The van der Waals surface area contributed by atoms with E-state index < -0.39 is 23.3 Å². The third-order valence-corrected chi connectivity index (χ3v) is 8.29. The van der Waals surface area contributed by atoms with Gasteiger partial charge in [0.15, 0.2) is 11.6 Å². The number of nitrogens with one attached hydrogen (secondary N) is 2. The molecule has 2 aliphatic rings. The number of alkyl halides is 3. The Morgan fingerprint density at radius 1 is 1.02 bits per heavy atom. The summed E-state index contributed by atoms with van der Waals surface area (Å²) in [7, 11) is 2.15. The molecule has 2 fully saturated rings. The van der Waals surface area contributed by atoms with E-state index in [-0.39, 0.29) is 36.4 Å². The highest BCUT2D eigenvalue weighted by molar-refractivity contribution is 5.91. The number of amides is 1. The Balaban J connectivity index is 1.04. The van der Waals surface area contributed by atoms with Crippen LogP contribution in [0.2, 0.25) is 0 Å². The number of benzene rings is 2. The average molecular weight is 595 g/mol. The first kappa shape index (κ1) is 28.8. The number of carbonyl (C=O) groups is 1. The maximum atomic E-state index is 14.9. The molecule has 0 atom stereocenters. The van der Waals surface area contributed by atoms with Gasteiger partial charge in [-0.2, -0.15) is 13.2 Å². The van der Waals surface area contributed by atoms with E-state index in [1.807, 2.05) is 12.1 Å². The number of likely N-dealkylation sites (tertiary alicyclic amines) is 1. The van der Waals surface area contributed by atoms with Crippen LogP contribution in [-0.4, -0.2) is 52.2 Å². The lowest BCUT2D eigenvalue weighted by molar-refractivity contribution is -0.165. The fraction of sp³-hybridized carbons (Fsp3) is 0.355. The lowest BCUT2D eigenvalue weighted by atomic mass is 9.89. The topological polar surface area (TPSA) is 96.2 Å². The van der Waals surface area contributed by atoms with E-state index in [2.05, 4.69) is 49.8 Å². The largest absolute Gasteiger partial charge is 0.401 e. The number of nitrogens with zero attached hydrogens (tertiary/aromatic N) is 4. The van der Waals surface area contributed by atoms with E-state index in [9.17, 15) is 22.4 Å². The van der Waals surface area contributed by atoms with Crippen LogP contribution in [-0.2, 0) is 16.6 Å². The van der Waals surface area contributed by atoms with E-state index in [0.29, 0.717) is 23.0 Å². The summed E-state index contributed by atoms with van der Waals surface area (Å²) in [6, 6.07) is 13.8. The molecule has 8 nitrogen and oxygen atoms in total. The average Bonchev–Trinajstić information content (AvgIpc) is 3.69. The van der Waals surface area contributed by atoms with Gasteiger partial charge in [-0.05, 0) is 86.6 Å². The molecule has 2 aromatic carbocycles. The van der Waals surface area contributed by atoms with Gasteiger partial charge in [0, 0.05) is 29.7 Å². The first-order chi connectivity index (χ1) is 20.6. The van der Waals surface area contributed by atoms with Crippen molar-refractivity contribution in [3.63, 3.8) is 0 Å². The molecule has 4 aromatic rings. The van der Waals surface area contributed by atoms with Crippen LogP contribution in [0.25, 0.3) is 11.1 Å². The van der Waals surface area contributed by atoms with Gasteiger partial charge in [0.05, 0.1) is 6.42 Å². The number of piperidine rings is 1. The Bertz CT molecular complexity index is 1590. The maximum Gasteiger partial charge on any atom is 0.401 e. The van der Waals surface area contributed by atoms with E-state index >= 15 is 0 Å². The van der Waals surface area contributed by atoms with Crippen LogP contribution >= 0.6 is 0 Å². The van der Waals surface area contributed by atoms with Crippen LogP contribution in [0.1, 0.15) is 48.5 Å². The van der Waals surface area contributed by atoms with Crippen molar-refractivity contribution in [3.05, 3.63) is 83.6 Å². The second-order valence-electron chi connectivity index (χ2n) is 11.3. The molecule has 2 N–H and O–H groups in total. The van der Waals surface area contributed by atoms with E-state index in [4.69, 9.17) is 4.52 Å². The van der Waals surface area contributed by atoms with Crippen molar-refractivity contribution in [1.29, 1.82) is 0 Å². The fourth-order valence-corrected chi connectivity index (χ4v) is 5.44. The highest BCUT2D eigenvalue weighted by Crippen LogP contribution is 2.59. The van der Waals surface area contributed by atoms with E-state index in [1.54, 1.807) is 18.5 Å². The molecule has 0 unspecified atom stereocenters. The third-order valence-electron chi connectivity index (χ3n) is 8.29. The Labute approximate surface area is 245 Å². The SMILES string of the molecule is CN1CCC(c2ccc(Nc3ncc(-c4ccc(CC(=O)Nc5cc(C6(C(F)(F)F)CC6)on5)c(F)c4)cn3)cc2)CC1. The van der Waals surface area contributed by atoms with Gasteiger partial charge in [0.25, 0.3) is 0 Å². The van der Waals surface area contributed by atoms with Crippen LogP contribution in [0.3, 0.4) is 0 Å². The zero-order chi connectivity index (χ0) is 30.2. The van der Waals surface area contributed by atoms with Crippen molar-refractivity contribution in [3.8, 4) is 11.1 Å². The standard InChI is InChI=1S/C31H30F4N6O2/c1-41-12-8-20(9-13-41)19-4-6-24(7-5-19)38-29-36-17-23(18-37-29)21-2-3-22(25(32)14-21)15-28(42)39-27-16-26(43-40-27)30(10-11-30)31(33,34)35/h2-7,14,16-18,20H,8-13,15H2,1H3,(H,36,37,38)(H,39,40,42). The molecule has 3 heterocycles. The summed E-state index contributed by atoms with van der Waals surface area (Å²) in [5.41, 5.74) is 1.39. The summed E-state index contributed by atoms with van der Waals surface area (Å²) in [4.78, 5) is 23.5. The van der Waals surface area contributed by atoms with Crippen molar-refractivity contribution in [1.82, 2.24) is 20.0 Å². The van der Waals surface area contributed by atoms with Gasteiger partial charge in [0.1, 0.15) is 11.2 Å². The lowest BCUT2D eigenvalue weighted by Crippen LogP contribution is -2.29. The molecule has 12 heteroatoms. The molecule has 2 aromatic heterocycles. The molecule has 43 heavy (non-hydrogen) atoms. The van der Waals surface area contributed by atoms with Gasteiger partial charge in [-0.25, -0.2) is 14.4 Å². The summed E-state index contributed by atoms with van der Waals surface area (Å²) in [6.07, 6.45) is 0.495. The van der Waals surface area contributed by atoms with Crippen LogP contribution in [0.15, 0.2) is 65.4 Å². The van der Waals surface area contributed by atoms with Crippen LogP contribution in [0.5, 0.6) is 0 Å². The molecule has 1 aliphatic carbocycles. The fourth-order valence-electron chi connectivity index (χ4n) is 5.44. The second kappa shape index (κ2) is 11.4. The van der Waals surface area contributed by atoms with Gasteiger partial charge in [0.2, 0.25) is 11.9 Å². The van der Waals surface area contributed by atoms with Gasteiger partial charge in [-0.1, -0.05) is 29.4 Å². The quantitative estimate of drug-likeness (QED) is 0.222. The number of carbonyl (C=O) groups excluding carboxylic acids is 1. The molecular formula is C31H30F4N6O2. The summed E-state index contributed by atoms with van der Waals surface area (Å²) in [6.45, 7) is 2.21. The molecule has 224 valence electrons. The number of halogens is 4. The van der Waals surface area contributed by atoms with Crippen molar-refractivity contribution in [2.75, 3.05) is 30.8 Å². The monoisotopic (exact) mass is 594 g/mol. The zero-order valence-electron chi connectivity index (χ0n) is 23.4. The molecule has 1 amide bonds. The second-order valence-corrected chi connectivity index (χ2v) is 11.3. The third kappa shape index (κ3) is 6.24. The number of rotatable bonds is 8. The van der Waals surface area contributed by atoms with Gasteiger partial charge in [-0.15, -0.1) is 0 Å². The van der Waals surface area contributed by atoms with Gasteiger partial charge < -0.3 is 20.1 Å². The molecule has 0 spiro atoms. The summed E-state index contributed by atoms with van der Waals surface area (Å²) in [5.74, 6) is -0.758. The Morgan fingerprint density at radius 3 is 2.35 bits per heavy atom. The zero-order valence-corrected chi connectivity index (χ0v) is 23.4. The minimum absolute atomic E-state index is 0.0898. The molecule has 6 rings (SSSR count). The Hall–Kier alpha value is -4.32. The van der Waals surface area contributed by atoms with Crippen molar-refractivity contribution in [2.45, 2.75) is 49.6 Å². The van der Waals surface area contributed by atoms with Gasteiger partial charge in [-0.3, -0.25) is 4.79 Å². The highest BCUT2D eigenvalue weighted by Gasteiger charge is 2.66. The molecular weight excluding hydrogens is 564 g/mol. The number of hydrogen-bond donors (Lipinski definition) is 2. The van der Waals surface area contributed by atoms with E-state index in [1.165, 1.54) is 17.7 Å². The highest BCUT2D eigenvalue weighted by atomic mass is 19.4. The van der Waals surface area contributed by atoms with Gasteiger partial charge >= 0.3 is 6.18 Å². The molecule has 1 aliphatic heterocycles. The summed E-state index contributed by atoms with van der Waals surface area (Å²) in [5, 5.41) is 9.09. The number of anilines is 3. The molecule has 1 saturated carbocycles. The first-order valence-corrected chi connectivity index (χ1v) is 14.1. The molecule has 0 bridgehead atoms. The molecule has 0 radical (unpaired) electrons. The maximum absolute atomic E-state index is 14.9. The predicted octanol–water partition coefficient (Wildman–Crippen LogP) is 6.60. The molecule has 1 saturated heterocycles. The summed E-state index contributed by atoms with van der Waals surface area (Å²) < 4.78 is 59.6. The first-order valence-electron chi connectivity index (χ1n) is 14.1. The minimum atomic E-state index is -4.46. The van der Waals surface area contributed by atoms with E-state index in [0.717, 1.165) is 37.7 Å². The van der Waals surface area contributed by atoms with Crippen LogP contribution < -0.4 is 10.6 Å². The van der Waals surface area contributed by atoms with Crippen molar-refractivity contribution >= 4 is 23.4 Å².